The van der Waals surface area contributed by atoms with E-state index in [1.165, 1.54) is 6.42 Å². The van der Waals surface area contributed by atoms with Gasteiger partial charge in [0.25, 0.3) is 5.91 Å². The summed E-state index contributed by atoms with van der Waals surface area (Å²) >= 11 is 0. The van der Waals surface area contributed by atoms with E-state index >= 15 is 0 Å². The van der Waals surface area contributed by atoms with Crippen LogP contribution in [0.15, 0.2) is 24.3 Å². The molecular weight excluding hydrogens is 318 g/mol. The van der Waals surface area contributed by atoms with E-state index < -0.39 is 6.10 Å². The van der Waals surface area contributed by atoms with E-state index in [2.05, 4.69) is 12.2 Å². The molecule has 1 saturated carbocycles. The molecule has 1 aromatic rings. The van der Waals surface area contributed by atoms with Crippen LogP contribution in [0.3, 0.4) is 0 Å². The molecule has 2 rings (SSSR count). The number of methoxy groups -OCH3 is 1. The fraction of sp³-hybridized carbons (Fsp3) is 0.600. The predicted octanol–water partition coefficient (Wildman–Crippen LogP) is 3.25. The lowest BCUT2D eigenvalue weighted by Gasteiger charge is -2.30. The smallest absolute Gasteiger partial charge is 0.306 e. The van der Waals surface area contributed by atoms with Crippen molar-refractivity contribution in [3.63, 3.8) is 0 Å². The zero-order chi connectivity index (χ0) is 18.2. The van der Waals surface area contributed by atoms with Gasteiger partial charge in [-0.2, -0.15) is 0 Å². The summed E-state index contributed by atoms with van der Waals surface area (Å²) in [6.45, 7) is 3.80. The molecule has 1 amide bonds. The number of hydrogen-bond donors (Lipinski definition) is 1. The van der Waals surface area contributed by atoms with Crippen molar-refractivity contribution in [2.75, 3.05) is 7.11 Å². The van der Waals surface area contributed by atoms with Gasteiger partial charge in [0.15, 0.2) is 6.10 Å². The van der Waals surface area contributed by atoms with Crippen molar-refractivity contribution in [1.82, 2.24) is 5.32 Å². The highest BCUT2D eigenvalue weighted by Gasteiger charge is 2.26. The zero-order valence-corrected chi connectivity index (χ0v) is 15.4. The van der Waals surface area contributed by atoms with Crippen LogP contribution in [-0.2, 0) is 20.7 Å². The largest absolute Gasteiger partial charge is 0.497 e. The quantitative estimate of drug-likeness (QED) is 0.769. The average molecular weight is 347 g/mol. The minimum absolute atomic E-state index is 0.196. The number of aryl methyl sites for hydroxylation is 1. The maximum atomic E-state index is 12.2. The van der Waals surface area contributed by atoms with Gasteiger partial charge in [0.05, 0.1) is 7.11 Å². The van der Waals surface area contributed by atoms with E-state index in [4.69, 9.17) is 9.47 Å². The molecule has 1 aromatic carbocycles. The van der Waals surface area contributed by atoms with Crippen LogP contribution < -0.4 is 10.1 Å². The second-order valence-electron chi connectivity index (χ2n) is 6.86. The number of amides is 1. The Morgan fingerprint density at radius 3 is 2.52 bits per heavy atom. The first-order chi connectivity index (χ1) is 12.0. The molecule has 1 fully saturated rings. The number of esters is 1. The lowest BCUT2D eigenvalue weighted by molar-refractivity contribution is -0.155. The fourth-order valence-corrected chi connectivity index (χ4v) is 3.18. The van der Waals surface area contributed by atoms with Crippen LogP contribution in [0.4, 0.5) is 0 Å². The lowest BCUT2D eigenvalue weighted by atomic mass is 9.86. The fourth-order valence-electron chi connectivity index (χ4n) is 3.18. The first-order valence-electron chi connectivity index (χ1n) is 9.12. The summed E-state index contributed by atoms with van der Waals surface area (Å²) in [6, 6.07) is 7.77. The van der Waals surface area contributed by atoms with Gasteiger partial charge in [0, 0.05) is 12.5 Å². The SMILES string of the molecule is COc1ccc(CCC(=O)O[C@H](C)C(=O)N[C@H]2CCCC[C@@H]2C)cc1. The Labute approximate surface area is 150 Å². The third-order valence-electron chi connectivity index (χ3n) is 4.89. The molecule has 1 N–H and O–H groups in total. The van der Waals surface area contributed by atoms with Gasteiger partial charge in [-0.25, -0.2) is 0 Å². The van der Waals surface area contributed by atoms with Gasteiger partial charge in [-0.1, -0.05) is 31.9 Å². The molecule has 0 aliphatic heterocycles. The number of ether oxygens (including phenoxy) is 2. The molecule has 0 heterocycles. The molecule has 1 aliphatic carbocycles. The van der Waals surface area contributed by atoms with Gasteiger partial charge < -0.3 is 14.8 Å². The van der Waals surface area contributed by atoms with Crippen LogP contribution in [0.25, 0.3) is 0 Å². The summed E-state index contributed by atoms with van der Waals surface area (Å²) in [5.41, 5.74) is 1.03. The Morgan fingerprint density at radius 1 is 1.20 bits per heavy atom. The number of rotatable bonds is 7. The van der Waals surface area contributed by atoms with Crippen LogP contribution in [0, 0.1) is 5.92 Å². The third-order valence-corrected chi connectivity index (χ3v) is 4.89. The molecule has 0 aromatic heterocycles. The van der Waals surface area contributed by atoms with E-state index in [-0.39, 0.29) is 24.3 Å². The van der Waals surface area contributed by atoms with Gasteiger partial charge in [-0.3, -0.25) is 9.59 Å². The van der Waals surface area contributed by atoms with Crippen molar-refractivity contribution in [3.8, 4) is 5.75 Å². The number of hydrogen-bond acceptors (Lipinski definition) is 4. The number of nitrogens with one attached hydrogen (secondary N) is 1. The lowest BCUT2D eigenvalue weighted by Crippen LogP contribution is -2.46. The van der Waals surface area contributed by atoms with Gasteiger partial charge in [0.2, 0.25) is 0 Å². The van der Waals surface area contributed by atoms with Crippen molar-refractivity contribution in [1.29, 1.82) is 0 Å². The van der Waals surface area contributed by atoms with Crippen molar-refractivity contribution >= 4 is 11.9 Å². The molecule has 0 saturated heterocycles. The van der Waals surface area contributed by atoms with E-state index in [0.717, 1.165) is 30.6 Å². The van der Waals surface area contributed by atoms with E-state index in [0.29, 0.717) is 12.3 Å². The van der Waals surface area contributed by atoms with E-state index in [1.54, 1.807) is 14.0 Å². The Morgan fingerprint density at radius 2 is 1.88 bits per heavy atom. The Bertz CT molecular complexity index is 570. The zero-order valence-electron chi connectivity index (χ0n) is 15.4. The van der Waals surface area contributed by atoms with Crippen LogP contribution >= 0.6 is 0 Å². The standard InChI is InChI=1S/C20H29NO4/c1-14-6-4-5-7-18(14)21-20(23)15(2)25-19(22)13-10-16-8-11-17(24-3)12-9-16/h8-9,11-12,14-15,18H,4-7,10,13H2,1-3H3,(H,21,23)/t14-,15+,18-/m0/s1. The summed E-state index contributed by atoms with van der Waals surface area (Å²) in [7, 11) is 1.62. The van der Waals surface area contributed by atoms with Crippen LogP contribution in [-0.4, -0.2) is 31.1 Å². The topological polar surface area (TPSA) is 64.6 Å². The summed E-state index contributed by atoms with van der Waals surface area (Å²) in [6.07, 6.45) is 4.60. The van der Waals surface area contributed by atoms with Crippen LogP contribution in [0.5, 0.6) is 5.75 Å². The summed E-state index contributed by atoms with van der Waals surface area (Å²) in [5.74, 6) is 0.718. The number of benzene rings is 1. The maximum Gasteiger partial charge on any atom is 0.306 e. The minimum atomic E-state index is -0.752. The normalized spacial score (nSPS) is 21.2. The average Bonchev–Trinajstić information content (AvgIpc) is 2.62. The van der Waals surface area contributed by atoms with Crippen LogP contribution in [0.2, 0.25) is 0 Å². The molecule has 5 heteroatoms. The van der Waals surface area contributed by atoms with E-state index in [1.807, 2.05) is 24.3 Å². The second kappa shape index (κ2) is 9.44. The van der Waals surface area contributed by atoms with Gasteiger partial charge >= 0.3 is 5.97 Å². The highest BCUT2D eigenvalue weighted by molar-refractivity contribution is 5.83. The predicted molar refractivity (Wildman–Crippen MR) is 96.4 cm³/mol. The molecule has 1 aliphatic rings. The van der Waals surface area contributed by atoms with E-state index in [9.17, 15) is 9.59 Å². The summed E-state index contributed by atoms with van der Waals surface area (Å²) in [5, 5.41) is 3.03. The monoisotopic (exact) mass is 347 g/mol. The second-order valence-corrected chi connectivity index (χ2v) is 6.86. The molecular formula is C20H29NO4. The van der Waals surface area contributed by atoms with Crippen molar-refractivity contribution in [2.24, 2.45) is 5.92 Å². The molecule has 3 atom stereocenters. The summed E-state index contributed by atoms with van der Waals surface area (Å²) in [4.78, 5) is 24.2. The Kier molecular flexibility index (Phi) is 7.29. The van der Waals surface area contributed by atoms with Crippen LogP contribution in [0.1, 0.15) is 51.5 Å². The third kappa shape index (κ3) is 6.07. The first kappa shape index (κ1) is 19.3. The molecule has 0 bridgehead atoms. The molecule has 5 nitrogen and oxygen atoms in total. The van der Waals surface area contributed by atoms with Crippen molar-refractivity contribution in [3.05, 3.63) is 29.8 Å². The van der Waals surface area contributed by atoms with Crippen molar-refractivity contribution in [2.45, 2.75) is 64.5 Å². The number of carbonyl (C=O) groups is 2. The minimum Gasteiger partial charge on any atom is -0.497 e. The molecule has 0 radical (unpaired) electrons. The Balaban J connectivity index is 1.73. The molecule has 0 unspecified atom stereocenters. The maximum absolute atomic E-state index is 12.2. The molecule has 0 spiro atoms. The van der Waals surface area contributed by atoms with Gasteiger partial charge in [-0.15, -0.1) is 0 Å². The molecule has 25 heavy (non-hydrogen) atoms. The van der Waals surface area contributed by atoms with Crippen molar-refractivity contribution < 1.29 is 19.1 Å². The highest BCUT2D eigenvalue weighted by Crippen LogP contribution is 2.23. The molecule has 138 valence electrons. The summed E-state index contributed by atoms with van der Waals surface area (Å²) < 4.78 is 10.4. The first-order valence-corrected chi connectivity index (χ1v) is 9.12. The highest BCUT2D eigenvalue weighted by atomic mass is 16.5. The van der Waals surface area contributed by atoms with Gasteiger partial charge in [-0.05, 0) is 49.8 Å². The van der Waals surface area contributed by atoms with Gasteiger partial charge in [0.1, 0.15) is 5.75 Å². The number of carbonyl (C=O) groups excluding carboxylic acids is 2. The Hall–Kier alpha value is -2.04.